The van der Waals surface area contributed by atoms with Gasteiger partial charge in [0.2, 0.25) is 0 Å². The van der Waals surface area contributed by atoms with Crippen LogP contribution in [0.5, 0.6) is 0 Å². The maximum absolute atomic E-state index is 11.0. The molecule has 0 spiro atoms. The number of hydrogen-bond donors (Lipinski definition) is 0. The lowest BCUT2D eigenvalue weighted by atomic mass is 10.2. The number of ether oxygens (including phenoxy) is 1. The number of nitro benzene ring substituents is 2. The summed E-state index contributed by atoms with van der Waals surface area (Å²) in [6, 6.07) is 3.34. The van der Waals surface area contributed by atoms with Gasteiger partial charge in [0, 0.05) is 11.0 Å². The molecule has 0 aliphatic rings. The van der Waals surface area contributed by atoms with Crippen LogP contribution in [0, 0.1) is 31.6 Å². The fourth-order valence-electron chi connectivity index (χ4n) is 1.26. The third-order valence-electron chi connectivity index (χ3n) is 2.16. The summed E-state index contributed by atoms with van der Waals surface area (Å²) in [7, 11) is 1.16. The Morgan fingerprint density at radius 2 is 2.05 bits per heavy atom. The SMILES string of the molecule is COC(=O)CSc1cc([N+](=O)[O-])cc([N+](=O)[O-])c1C#N. The first-order valence-corrected chi connectivity index (χ1v) is 5.95. The second-order valence-electron chi connectivity index (χ2n) is 3.33. The van der Waals surface area contributed by atoms with E-state index in [1.807, 2.05) is 0 Å². The minimum atomic E-state index is -0.881. The van der Waals surface area contributed by atoms with Crippen LogP contribution in [0.1, 0.15) is 5.56 Å². The highest BCUT2D eigenvalue weighted by molar-refractivity contribution is 8.00. The third kappa shape index (κ3) is 3.42. The predicted octanol–water partition coefficient (Wildman–Crippen LogP) is 1.64. The number of hydrogen-bond acceptors (Lipinski definition) is 8. The van der Waals surface area contributed by atoms with Crippen LogP contribution in [0.4, 0.5) is 11.4 Å². The summed E-state index contributed by atoms with van der Waals surface area (Å²) in [6.07, 6.45) is 0. The summed E-state index contributed by atoms with van der Waals surface area (Å²) in [5.41, 5.74) is -1.52. The molecule has 1 aromatic carbocycles. The molecule has 0 unspecified atom stereocenters. The number of benzene rings is 1. The standard InChI is InChI=1S/C10H7N3O6S/c1-19-10(14)5-20-9-3-6(12(15)16)2-8(13(17)18)7(9)4-11/h2-3H,5H2,1H3. The molecule has 9 nitrogen and oxygen atoms in total. The van der Waals surface area contributed by atoms with Gasteiger partial charge in [-0.1, -0.05) is 0 Å². The molecule has 104 valence electrons. The van der Waals surface area contributed by atoms with Crippen LogP contribution in [0.25, 0.3) is 0 Å². The highest BCUT2D eigenvalue weighted by Crippen LogP contribution is 2.34. The molecular weight excluding hydrogens is 290 g/mol. The van der Waals surface area contributed by atoms with E-state index in [1.54, 1.807) is 6.07 Å². The third-order valence-corrected chi connectivity index (χ3v) is 3.17. The van der Waals surface area contributed by atoms with Gasteiger partial charge in [-0.25, -0.2) is 0 Å². The molecule has 0 aliphatic heterocycles. The fourth-order valence-corrected chi connectivity index (χ4v) is 2.15. The van der Waals surface area contributed by atoms with Crippen molar-refractivity contribution in [3.63, 3.8) is 0 Å². The quantitative estimate of drug-likeness (QED) is 0.346. The molecular formula is C10H7N3O6S. The zero-order valence-electron chi connectivity index (χ0n) is 10.1. The lowest BCUT2D eigenvalue weighted by Gasteiger charge is -2.04. The summed E-state index contributed by atoms with van der Waals surface area (Å²) in [5.74, 6) is -0.836. The second kappa shape index (κ2) is 6.48. The van der Waals surface area contributed by atoms with Gasteiger partial charge >= 0.3 is 5.97 Å². The van der Waals surface area contributed by atoms with Crippen molar-refractivity contribution < 1.29 is 19.4 Å². The van der Waals surface area contributed by atoms with Gasteiger partial charge in [0.25, 0.3) is 11.4 Å². The van der Waals surface area contributed by atoms with Crippen molar-refractivity contribution in [2.75, 3.05) is 12.9 Å². The zero-order valence-corrected chi connectivity index (χ0v) is 10.9. The average Bonchev–Trinajstić information content (AvgIpc) is 2.43. The van der Waals surface area contributed by atoms with Crippen molar-refractivity contribution in [2.24, 2.45) is 0 Å². The van der Waals surface area contributed by atoms with Crippen molar-refractivity contribution in [3.05, 3.63) is 37.9 Å². The summed E-state index contributed by atoms with van der Waals surface area (Å²) in [4.78, 5) is 30.9. The van der Waals surface area contributed by atoms with Crippen molar-refractivity contribution >= 4 is 29.1 Å². The Balaban J connectivity index is 3.32. The molecule has 0 saturated heterocycles. The normalized spacial score (nSPS) is 9.60. The molecule has 0 aliphatic carbocycles. The van der Waals surface area contributed by atoms with Crippen molar-refractivity contribution in [1.82, 2.24) is 0 Å². The molecule has 0 bridgehead atoms. The van der Waals surface area contributed by atoms with E-state index in [9.17, 15) is 25.0 Å². The van der Waals surface area contributed by atoms with Crippen molar-refractivity contribution in [2.45, 2.75) is 4.90 Å². The monoisotopic (exact) mass is 297 g/mol. The zero-order chi connectivity index (χ0) is 15.3. The Hall–Kier alpha value is -2.67. The smallest absolute Gasteiger partial charge is 0.315 e. The number of methoxy groups -OCH3 is 1. The molecule has 10 heteroatoms. The van der Waals surface area contributed by atoms with Crippen molar-refractivity contribution in [3.8, 4) is 6.07 Å². The minimum Gasteiger partial charge on any atom is -0.468 e. The Kier molecular flexibility index (Phi) is 4.99. The lowest BCUT2D eigenvalue weighted by molar-refractivity contribution is -0.394. The van der Waals surface area contributed by atoms with Gasteiger partial charge in [-0.3, -0.25) is 25.0 Å². The highest BCUT2D eigenvalue weighted by atomic mass is 32.2. The number of rotatable bonds is 5. The van der Waals surface area contributed by atoms with Gasteiger partial charge in [0.05, 0.1) is 28.8 Å². The molecule has 20 heavy (non-hydrogen) atoms. The fraction of sp³-hybridized carbons (Fsp3) is 0.200. The summed E-state index contributed by atoms with van der Waals surface area (Å²) < 4.78 is 4.39. The summed E-state index contributed by atoms with van der Waals surface area (Å²) in [6.45, 7) is 0. The van der Waals surface area contributed by atoms with E-state index in [0.717, 1.165) is 24.9 Å². The van der Waals surface area contributed by atoms with E-state index in [1.165, 1.54) is 0 Å². The van der Waals surface area contributed by atoms with E-state index >= 15 is 0 Å². The molecule has 0 aromatic heterocycles. The first-order chi connectivity index (χ1) is 9.40. The predicted molar refractivity (Wildman–Crippen MR) is 67.2 cm³/mol. The molecule has 0 saturated carbocycles. The molecule has 1 aromatic rings. The number of nitro groups is 2. The van der Waals surface area contributed by atoms with Crippen molar-refractivity contribution in [1.29, 1.82) is 5.26 Å². The largest absolute Gasteiger partial charge is 0.468 e. The van der Waals surface area contributed by atoms with E-state index in [0.29, 0.717) is 6.07 Å². The number of nitriles is 1. The molecule has 0 heterocycles. The Bertz CT molecular complexity index is 624. The topological polar surface area (TPSA) is 136 Å². The van der Waals surface area contributed by atoms with Gasteiger partial charge in [-0.15, -0.1) is 11.8 Å². The number of thioether (sulfide) groups is 1. The van der Waals surface area contributed by atoms with Crippen LogP contribution in [0.15, 0.2) is 17.0 Å². The Morgan fingerprint density at radius 1 is 1.40 bits per heavy atom. The maximum Gasteiger partial charge on any atom is 0.315 e. The first-order valence-electron chi connectivity index (χ1n) is 4.97. The van der Waals surface area contributed by atoms with Crippen LogP contribution in [0.3, 0.4) is 0 Å². The van der Waals surface area contributed by atoms with Crippen LogP contribution >= 0.6 is 11.8 Å². The second-order valence-corrected chi connectivity index (χ2v) is 4.35. The van der Waals surface area contributed by atoms with E-state index in [4.69, 9.17) is 5.26 Å². The lowest BCUT2D eigenvalue weighted by Crippen LogP contribution is -2.04. The van der Waals surface area contributed by atoms with Gasteiger partial charge in [0.1, 0.15) is 11.6 Å². The highest BCUT2D eigenvalue weighted by Gasteiger charge is 2.24. The van der Waals surface area contributed by atoms with Gasteiger partial charge in [-0.2, -0.15) is 5.26 Å². The molecule has 0 N–H and O–H groups in total. The first kappa shape index (κ1) is 15.4. The number of nitrogens with zero attached hydrogens (tertiary/aromatic N) is 3. The van der Waals surface area contributed by atoms with Gasteiger partial charge < -0.3 is 4.74 Å². The van der Waals surface area contributed by atoms with E-state index in [-0.39, 0.29) is 16.2 Å². The Labute approximate surface area is 116 Å². The van der Waals surface area contributed by atoms with Gasteiger partial charge in [-0.05, 0) is 0 Å². The van der Waals surface area contributed by atoms with Crippen LogP contribution in [0.2, 0.25) is 0 Å². The Morgan fingerprint density at radius 3 is 2.50 bits per heavy atom. The number of non-ortho nitro benzene ring substituents is 1. The van der Waals surface area contributed by atoms with E-state index < -0.39 is 27.2 Å². The summed E-state index contributed by atoms with van der Waals surface area (Å²) >= 11 is 0.762. The molecule has 0 radical (unpaired) electrons. The molecule has 0 atom stereocenters. The number of carbonyl (C=O) groups excluding carboxylic acids is 1. The molecule has 1 rings (SSSR count). The minimum absolute atomic E-state index is 0.0150. The molecule has 0 fully saturated rings. The average molecular weight is 297 g/mol. The number of esters is 1. The van der Waals surface area contributed by atoms with Crippen LogP contribution in [-0.4, -0.2) is 28.7 Å². The van der Waals surface area contributed by atoms with Crippen LogP contribution < -0.4 is 0 Å². The number of carbonyl (C=O) groups is 1. The maximum atomic E-state index is 11.0. The summed E-state index contributed by atoms with van der Waals surface area (Å²) in [5, 5.41) is 30.5. The van der Waals surface area contributed by atoms with Crippen LogP contribution in [-0.2, 0) is 9.53 Å². The van der Waals surface area contributed by atoms with Gasteiger partial charge in [0.15, 0.2) is 0 Å². The van der Waals surface area contributed by atoms with E-state index in [2.05, 4.69) is 4.74 Å². The molecule has 0 amide bonds.